The van der Waals surface area contributed by atoms with Crippen molar-refractivity contribution in [1.82, 2.24) is 14.9 Å². The number of carbonyl (C=O) groups is 2. The molecule has 1 aromatic heterocycles. The van der Waals surface area contributed by atoms with Gasteiger partial charge in [0, 0.05) is 38.2 Å². The highest BCUT2D eigenvalue weighted by atomic mass is 35.5. The molecular formula is C19H21Cl2N5O2. The van der Waals surface area contributed by atoms with Crippen LogP contribution >= 0.6 is 23.2 Å². The quantitative estimate of drug-likeness (QED) is 0.801. The molecule has 1 aliphatic heterocycles. The summed E-state index contributed by atoms with van der Waals surface area (Å²) < 4.78 is 0. The van der Waals surface area contributed by atoms with Crippen molar-refractivity contribution in [2.75, 3.05) is 36.9 Å². The largest absolute Gasteiger partial charge is 0.355 e. The van der Waals surface area contributed by atoms with Crippen LogP contribution < -0.4 is 10.2 Å². The topological polar surface area (TPSA) is 78.4 Å². The van der Waals surface area contributed by atoms with E-state index in [0.717, 1.165) is 25.2 Å². The van der Waals surface area contributed by atoms with Crippen molar-refractivity contribution in [3.05, 3.63) is 46.8 Å². The van der Waals surface area contributed by atoms with Gasteiger partial charge < -0.3 is 15.1 Å². The molecule has 3 rings (SSSR count). The van der Waals surface area contributed by atoms with Crippen molar-refractivity contribution < 1.29 is 9.59 Å². The zero-order valence-corrected chi connectivity index (χ0v) is 17.0. The lowest BCUT2D eigenvalue weighted by molar-refractivity contribution is -0.137. The van der Waals surface area contributed by atoms with E-state index in [4.69, 9.17) is 23.2 Å². The van der Waals surface area contributed by atoms with Gasteiger partial charge >= 0.3 is 0 Å². The summed E-state index contributed by atoms with van der Waals surface area (Å²) >= 11 is 11.8. The fourth-order valence-electron chi connectivity index (χ4n) is 3.22. The van der Waals surface area contributed by atoms with E-state index in [2.05, 4.69) is 20.2 Å². The summed E-state index contributed by atoms with van der Waals surface area (Å²) in [7, 11) is 1.64. The molecule has 2 heterocycles. The van der Waals surface area contributed by atoms with Gasteiger partial charge in [0.05, 0.1) is 28.7 Å². The zero-order chi connectivity index (χ0) is 20.1. The third-order valence-corrected chi connectivity index (χ3v) is 5.34. The molecule has 2 amide bonds. The Bertz CT molecular complexity index is 849. The number of hydrogen-bond acceptors (Lipinski definition) is 5. The maximum absolute atomic E-state index is 12.8. The van der Waals surface area contributed by atoms with Crippen molar-refractivity contribution in [2.45, 2.75) is 12.8 Å². The van der Waals surface area contributed by atoms with Gasteiger partial charge in [-0.05, 0) is 31.0 Å². The number of piperidine rings is 1. The van der Waals surface area contributed by atoms with Gasteiger partial charge in [0.1, 0.15) is 5.82 Å². The molecule has 9 heteroatoms. The Hall–Kier alpha value is -2.38. The second kappa shape index (κ2) is 9.21. The van der Waals surface area contributed by atoms with Gasteiger partial charge in [0.25, 0.3) is 0 Å². The number of benzene rings is 1. The van der Waals surface area contributed by atoms with E-state index in [1.165, 1.54) is 4.90 Å². The lowest BCUT2D eigenvalue weighted by Gasteiger charge is -2.34. The molecule has 7 nitrogen and oxygen atoms in total. The van der Waals surface area contributed by atoms with Crippen molar-refractivity contribution in [3.63, 3.8) is 0 Å². The molecule has 0 aliphatic carbocycles. The number of nitrogens with zero attached hydrogens (tertiary/aromatic N) is 4. The van der Waals surface area contributed by atoms with E-state index < -0.39 is 0 Å². The lowest BCUT2D eigenvalue weighted by Crippen LogP contribution is -2.45. The molecule has 1 unspecified atom stereocenters. The average molecular weight is 422 g/mol. The summed E-state index contributed by atoms with van der Waals surface area (Å²) in [5.74, 6) is 0.229. The highest BCUT2D eigenvalue weighted by Gasteiger charge is 2.29. The standard InChI is InChI=1S/C19H21Cl2N5O2/c1-25(12-18(27)24-14-4-5-15(20)16(21)9-14)19(28)13-3-2-8-26(11-13)17-10-22-6-7-23-17/h4-7,9-10,13H,2-3,8,11-12H2,1H3,(H,24,27). The average Bonchev–Trinajstić information content (AvgIpc) is 2.71. The summed E-state index contributed by atoms with van der Waals surface area (Å²) in [5, 5.41) is 3.50. The summed E-state index contributed by atoms with van der Waals surface area (Å²) in [6, 6.07) is 4.84. The second-order valence-electron chi connectivity index (χ2n) is 6.72. The molecule has 0 spiro atoms. The van der Waals surface area contributed by atoms with Crippen LogP contribution in [0.2, 0.25) is 10.0 Å². The molecule has 148 valence electrons. The first-order valence-corrected chi connectivity index (χ1v) is 9.70. The van der Waals surface area contributed by atoms with E-state index in [1.54, 1.807) is 43.8 Å². The van der Waals surface area contributed by atoms with Crippen molar-refractivity contribution in [1.29, 1.82) is 0 Å². The Balaban J connectivity index is 1.56. The van der Waals surface area contributed by atoms with E-state index in [1.807, 2.05) is 0 Å². The van der Waals surface area contributed by atoms with Gasteiger partial charge in [0.15, 0.2) is 0 Å². The fourth-order valence-corrected chi connectivity index (χ4v) is 3.52. The smallest absolute Gasteiger partial charge is 0.243 e. The summed E-state index contributed by atoms with van der Waals surface area (Å²) in [4.78, 5) is 37.0. The highest BCUT2D eigenvalue weighted by molar-refractivity contribution is 6.42. The summed E-state index contributed by atoms with van der Waals surface area (Å²) in [6.07, 6.45) is 6.63. The van der Waals surface area contributed by atoms with Crippen molar-refractivity contribution in [2.24, 2.45) is 5.92 Å². The minimum atomic E-state index is -0.296. The summed E-state index contributed by atoms with van der Waals surface area (Å²) in [6.45, 7) is 1.36. The minimum absolute atomic E-state index is 0.0410. The molecular weight excluding hydrogens is 401 g/mol. The predicted octanol–water partition coefficient (Wildman–Crippen LogP) is 3.10. The van der Waals surface area contributed by atoms with Gasteiger partial charge in [-0.3, -0.25) is 14.6 Å². The minimum Gasteiger partial charge on any atom is -0.355 e. The Morgan fingerprint density at radius 2 is 2.11 bits per heavy atom. The SMILES string of the molecule is CN(CC(=O)Nc1ccc(Cl)c(Cl)c1)C(=O)C1CCCN(c2cnccn2)C1. The molecule has 1 atom stereocenters. The molecule has 1 saturated heterocycles. The number of anilines is 2. The molecule has 1 aromatic carbocycles. The number of halogens is 2. The molecule has 0 radical (unpaired) electrons. The molecule has 28 heavy (non-hydrogen) atoms. The van der Waals surface area contributed by atoms with E-state index >= 15 is 0 Å². The van der Waals surface area contributed by atoms with E-state index in [9.17, 15) is 9.59 Å². The molecule has 0 bridgehead atoms. The Labute approximate surface area is 173 Å². The first-order chi connectivity index (χ1) is 13.4. The van der Waals surface area contributed by atoms with Crippen LogP contribution in [-0.2, 0) is 9.59 Å². The Kier molecular flexibility index (Phi) is 6.70. The molecule has 1 N–H and O–H groups in total. The third-order valence-electron chi connectivity index (χ3n) is 4.60. The number of amides is 2. The van der Waals surface area contributed by atoms with Gasteiger partial charge in [0.2, 0.25) is 11.8 Å². The second-order valence-corrected chi connectivity index (χ2v) is 7.53. The van der Waals surface area contributed by atoms with Crippen LogP contribution in [0.25, 0.3) is 0 Å². The molecule has 0 saturated carbocycles. The van der Waals surface area contributed by atoms with Crippen LogP contribution in [0.15, 0.2) is 36.8 Å². The van der Waals surface area contributed by atoms with Crippen molar-refractivity contribution >= 4 is 46.5 Å². The van der Waals surface area contributed by atoms with Crippen LogP contribution in [0.1, 0.15) is 12.8 Å². The van der Waals surface area contributed by atoms with Gasteiger partial charge in [-0.25, -0.2) is 4.98 Å². The maximum atomic E-state index is 12.8. The third kappa shape index (κ3) is 5.11. The van der Waals surface area contributed by atoms with Crippen LogP contribution in [0.5, 0.6) is 0 Å². The fraction of sp³-hybridized carbons (Fsp3) is 0.368. The van der Waals surface area contributed by atoms with Crippen LogP contribution in [-0.4, -0.2) is 53.4 Å². The Morgan fingerprint density at radius 1 is 1.29 bits per heavy atom. The first kappa shape index (κ1) is 20.4. The van der Waals surface area contributed by atoms with Crippen molar-refractivity contribution in [3.8, 4) is 0 Å². The molecule has 1 fully saturated rings. The van der Waals surface area contributed by atoms with Gasteiger partial charge in [-0.1, -0.05) is 23.2 Å². The lowest BCUT2D eigenvalue weighted by atomic mass is 9.96. The number of likely N-dealkylation sites (N-methyl/N-ethyl adjacent to an activating group) is 1. The van der Waals surface area contributed by atoms with Crippen LogP contribution in [0.4, 0.5) is 11.5 Å². The zero-order valence-electron chi connectivity index (χ0n) is 15.4. The Morgan fingerprint density at radius 3 is 2.82 bits per heavy atom. The van der Waals surface area contributed by atoms with Gasteiger partial charge in [-0.2, -0.15) is 0 Å². The van der Waals surface area contributed by atoms with E-state index in [0.29, 0.717) is 22.3 Å². The first-order valence-electron chi connectivity index (χ1n) is 8.95. The van der Waals surface area contributed by atoms with Crippen LogP contribution in [0.3, 0.4) is 0 Å². The predicted molar refractivity (Wildman–Crippen MR) is 110 cm³/mol. The number of nitrogens with one attached hydrogen (secondary N) is 1. The number of aromatic nitrogens is 2. The van der Waals surface area contributed by atoms with Crippen LogP contribution in [0, 0.1) is 5.92 Å². The monoisotopic (exact) mass is 421 g/mol. The number of carbonyl (C=O) groups excluding carboxylic acids is 2. The highest BCUT2D eigenvalue weighted by Crippen LogP contribution is 2.25. The molecule has 1 aliphatic rings. The number of hydrogen-bond donors (Lipinski definition) is 1. The normalized spacial score (nSPS) is 16.5. The number of rotatable bonds is 5. The van der Waals surface area contributed by atoms with E-state index in [-0.39, 0.29) is 24.3 Å². The maximum Gasteiger partial charge on any atom is 0.243 e. The van der Waals surface area contributed by atoms with Gasteiger partial charge in [-0.15, -0.1) is 0 Å². The molecule has 2 aromatic rings. The summed E-state index contributed by atoms with van der Waals surface area (Å²) in [5.41, 5.74) is 0.534.